The maximum absolute atomic E-state index is 12.9. The van der Waals surface area contributed by atoms with Crippen molar-refractivity contribution >= 4 is 52.2 Å². The Morgan fingerprint density at radius 2 is 1.96 bits per heavy atom. The molecule has 0 spiro atoms. The third-order valence-electron chi connectivity index (χ3n) is 3.26. The number of nitrogens with zero attached hydrogens (tertiary/aromatic N) is 1. The molecule has 2 amide bonds. The topological polar surface area (TPSA) is 86.7 Å². The summed E-state index contributed by atoms with van der Waals surface area (Å²) in [6, 6.07) is 5.71. The molecule has 1 aromatic carbocycles. The van der Waals surface area contributed by atoms with Crippen LogP contribution < -0.4 is 5.32 Å². The highest BCUT2D eigenvalue weighted by Crippen LogP contribution is 2.32. The van der Waals surface area contributed by atoms with Crippen LogP contribution in [0.3, 0.4) is 0 Å². The molecule has 0 aliphatic carbocycles. The van der Waals surface area contributed by atoms with Crippen LogP contribution in [0.1, 0.15) is 18.4 Å². The van der Waals surface area contributed by atoms with Crippen molar-refractivity contribution in [3.8, 4) is 0 Å². The van der Waals surface area contributed by atoms with Crippen LogP contribution in [0.25, 0.3) is 6.08 Å². The van der Waals surface area contributed by atoms with Crippen molar-refractivity contribution < 1.29 is 23.9 Å². The first-order valence-corrected chi connectivity index (χ1v) is 8.58. The van der Waals surface area contributed by atoms with E-state index in [-0.39, 0.29) is 43.6 Å². The fraction of sp³-hybridized carbons (Fsp3) is 0.250. The molecule has 0 aromatic heterocycles. The van der Waals surface area contributed by atoms with Crippen molar-refractivity contribution in [2.24, 2.45) is 0 Å². The average Bonchev–Trinajstić information content (AvgIpc) is 2.81. The summed E-state index contributed by atoms with van der Waals surface area (Å²) >= 11 is 6.28. The number of amides is 2. The Morgan fingerprint density at radius 1 is 1.28 bits per heavy atom. The zero-order valence-corrected chi connectivity index (χ0v) is 14.7. The number of benzene rings is 1. The molecule has 1 aliphatic heterocycles. The number of rotatable bonds is 7. The first-order valence-electron chi connectivity index (χ1n) is 7.36. The summed E-state index contributed by atoms with van der Waals surface area (Å²) in [5.74, 6) is -2.02. The number of nitrogens with one attached hydrogen (secondary N) is 1. The number of thiocarbonyl (C=S) groups is 1. The molecule has 0 unspecified atom stereocenters. The second kappa shape index (κ2) is 8.72. The Hall–Kier alpha value is -2.26. The van der Waals surface area contributed by atoms with Crippen molar-refractivity contribution in [3.05, 3.63) is 40.6 Å². The molecular formula is C16H15FN2O4S2. The van der Waals surface area contributed by atoms with Gasteiger partial charge in [-0.15, -0.1) is 0 Å². The van der Waals surface area contributed by atoms with Crippen molar-refractivity contribution in [3.63, 3.8) is 0 Å². The largest absolute Gasteiger partial charge is 0.481 e. The van der Waals surface area contributed by atoms with Crippen LogP contribution in [0.5, 0.6) is 0 Å². The first-order chi connectivity index (χ1) is 11.9. The van der Waals surface area contributed by atoms with Gasteiger partial charge in [0, 0.05) is 19.5 Å². The van der Waals surface area contributed by atoms with Crippen LogP contribution in [0.2, 0.25) is 0 Å². The fourth-order valence-corrected chi connectivity index (χ4v) is 3.32. The van der Waals surface area contributed by atoms with Crippen LogP contribution in [0, 0.1) is 5.82 Å². The van der Waals surface area contributed by atoms with E-state index in [9.17, 15) is 18.8 Å². The second-order valence-electron chi connectivity index (χ2n) is 5.13. The van der Waals surface area contributed by atoms with Crippen molar-refractivity contribution in [2.45, 2.75) is 12.8 Å². The molecule has 2 rings (SSSR count). The van der Waals surface area contributed by atoms with Gasteiger partial charge >= 0.3 is 5.97 Å². The molecule has 1 aromatic rings. The molecule has 1 saturated heterocycles. The van der Waals surface area contributed by atoms with E-state index in [0.29, 0.717) is 14.8 Å². The number of halogens is 1. The van der Waals surface area contributed by atoms with Gasteiger partial charge in [0.1, 0.15) is 10.1 Å². The highest BCUT2D eigenvalue weighted by Gasteiger charge is 2.32. The van der Waals surface area contributed by atoms with Crippen LogP contribution in [-0.2, 0) is 14.4 Å². The summed E-state index contributed by atoms with van der Waals surface area (Å²) in [5, 5.41) is 11.0. The predicted molar refractivity (Wildman–Crippen MR) is 96.2 cm³/mol. The number of carbonyl (C=O) groups excluding carboxylic acids is 2. The number of hydrogen-bond donors (Lipinski definition) is 2. The summed E-state index contributed by atoms with van der Waals surface area (Å²) in [5.41, 5.74) is 0.674. The fourth-order valence-electron chi connectivity index (χ4n) is 2.01. The molecule has 25 heavy (non-hydrogen) atoms. The molecule has 0 saturated carbocycles. The van der Waals surface area contributed by atoms with Gasteiger partial charge in [0.15, 0.2) is 0 Å². The predicted octanol–water partition coefficient (Wildman–Crippen LogP) is 2.01. The van der Waals surface area contributed by atoms with Crippen LogP contribution in [0.4, 0.5) is 4.39 Å². The minimum atomic E-state index is -0.997. The number of carbonyl (C=O) groups is 3. The normalized spacial score (nSPS) is 15.7. The average molecular weight is 382 g/mol. The van der Waals surface area contributed by atoms with Gasteiger partial charge < -0.3 is 10.4 Å². The SMILES string of the molecule is O=C(O)CCNC(=O)CCN1C(=O)/C(=C/c2ccc(F)cc2)SC1=S. The third-order valence-corrected chi connectivity index (χ3v) is 4.64. The number of hydrogen-bond acceptors (Lipinski definition) is 5. The molecule has 0 atom stereocenters. The van der Waals surface area contributed by atoms with E-state index in [1.165, 1.54) is 17.0 Å². The van der Waals surface area contributed by atoms with Gasteiger partial charge in [-0.3, -0.25) is 19.3 Å². The number of aliphatic carboxylic acids is 1. The Morgan fingerprint density at radius 3 is 2.60 bits per heavy atom. The number of thioether (sulfide) groups is 1. The lowest BCUT2D eigenvalue weighted by molar-refractivity contribution is -0.136. The van der Waals surface area contributed by atoms with Gasteiger partial charge in [0.25, 0.3) is 5.91 Å². The monoisotopic (exact) mass is 382 g/mol. The molecule has 2 N–H and O–H groups in total. The molecule has 132 valence electrons. The van der Waals surface area contributed by atoms with E-state index >= 15 is 0 Å². The highest BCUT2D eigenvalue weighted by molar-refractivity contribution is 8.26. The van der Waals surface area contributed by atoms with E-state index < -0.39 is 5.97 Å². The zero-order chi connectivity index (χ0) is 18.4. The molecule has 6 nitrogen and oxygen atoms in total. The quantitative estimate of drug-likeness (QED) is 0.554. The Kier molecular flexibility index (Phi) is 6.65. The minimum Gasteiger partial charge on any atom is -0.481 e. The van der Waals surface area contributed by atoms with Crippen molar-refractivity contribution in [1.82, 2.24) is 10.2 Å². The smallest absolute Gasteiger partial charge is 0.305 e. The molecule has 0 bridgehead atoms. The summed E-state index contributed by atoms with van der Waals surface area (Å²) in [6.45, 7) is 0.154. The van der Waals surface area contributed by atoms with E-state index in [1.807, 2.05) is 0 Å². The molecule has 1 heterocycles. The second-order valence-corrected chi connectivity index (χ2v) is 6.80. The summed E-state index contributed by atoms with van der Waals surface area (Å²) in [6.07, 6.45) is 1.48. The van der Waals surface area contributed by atoms with Gasteiger partial charge in [-0.2, -0.15) is 0 Å². The lowest BCUT2D eigenvalue weighted by Gasteiger charge is -2.13. The van der Waals surface area contributed by atoms with Crippen LogP contribution in [-0.4, -0.2) is 45.2 Å². The van der Waals surface area contributed by atoms with Gasteiger partial charge in [-0.25, -0.2) is 4.39 Å². The van der Waals surface area contributed by atoms with Gasteiger partial charge in [0.05, 0.1) is 11.3 Å². The van der Waals surface area contributed by atoms with Crippen molar-refractivity contribution in [2.75, 3.05) is 13.1 Å². The molecule has 1 aliphatic rings. The van der Waals surface area contributed by atoms with Crippen molar-refractivity contribution in [1.29, 1.82) is 0 Å². The third kappa shape index (κ3) is 5.64. The highest BCUT2D eigenvalue weighted by atomic mass is 32.2. The maximum Gasteiger partial charge on any atom is 0.305 e. The van der Waals surface area contributed by atoms with Gasteiger partial charge in [0.2, 0.25) is 5.91 Å². The van der Waals surface area contributed by atoms with Gasteiger partial charge in [-0.1, -0.05) is 36.1 Å². The minimum absolute atomic E-state index is 0.0237. The van der Waals surface area contributed by atoms with E-state index in [4.69, 9.17) is 17.3 Å². The van der Waals surface area contributed by atoms with E-state index in [2.05, 4.69) is 5.32 Å². The molecular weight excluding hydrogens is 367 g/mol. The Balaban J connectivity index is 1.91. The standard InChI is InChI=1S/C16H15FN2O4S2/c17-11-3-1-10(2-4-11)9-12-15(23)19(16(24)25-12)8-6-13(20)18-7-5-14(21)22/h1-4,9H,5-8H2,(H,18,20)(H,21,22)/b12-9-. The van der Waals surface area contributed by atoms with E-state index in [1.54, 1.807) is 18.2 Å². The molecule has 9 heteroatoms. The van der Waals surface area contributed by atoms with Gasteiger partial charge in [-0.05, 0) is 23.8 Å². The first kappa shape index (κ1) is 19.1. The summed E-state index contributed by atoms with van der Waals surface area (Å²) in [4.78, 5) is 36.1. The maximum atomic E-state index is 12.9. The lowest BCUT2D eigenvalue weighted by Crippen LogP contribution is -2.34. The van der Waals surface area contributed by atoms with E-state index in [0.717, 1.165) is 11.8 Å². The Labute approximate surface area is 153 Å². The Bertz CT molecular complexity index is 734. The molecule has 0 radical (unpaired) electrons. The number of carboxylic acid groups (broad SMARTS) is 1. The van der Waals surface area contributed by atoms with Crippen LogP contribution >= 0.6 is 24.0 Å². The molecule has 1 fully saturated rings. The number of carboxylic acids is 1. The van der Waals surface area contributed by atoms with Crippen LogP contribution in [0.15, 0.2) is 29.2 Å². The summed E-state index contributed by atoms with van der Waals surface area (Å²) in [7, 11) is 0. The summed E-state index contributed by atoms with van der Waals surface area (Å²) < 4.78 is 13.3. The zero-order valence-electron chi connectivity index (χ0n) is 13.0. The lowest BCUT2D eigenvalue weighted by atomic mass is 10.2.